The minimum Gasteiger partial charge on any atom is -0.508 e. The molecule has 0 unspecified atom stereocenters. The molecule has 1 aromatic carbocycles. The van der Waals surface area contributed by atoms with E-state index in [1.165, 1.54) is 0 Å². The molecule has 0 aliphatic carbocycles. The number of hydrogen-bond acceptors (Lipinski definition) is 3. The fourth-order valence-electron chi connectivity index (χ4n) is 1.45. The average Bonchev–Trinajstić information content (AvgIpc) is 2.30. The Morgan fingerprint density at radius 2 is 1.87 bits per heavy atom. The van der Waals surface area contributed by atoms with E-state index >= 15 is 0 Å². The van der Waals surface area contributed by atoms with E-state index in [-0.39, 0.29) is 5.75 Å². The summed E-state index contributed by atoms with van der Waals surface area (Å²) < 4.78 is 5.20. The van der Waals surface area contributed by atoms with Gasteiger partial charge in [-0.25, -0.2) is 0 Å². The number of phenols is 1. The van der Waals surface area contributed by atoms with Crippen LogP contribution in [0.4, 0.5) is 0 Å². The van der Waals surface area contributed by atoms with Gasteiger partial charge in [-0.1, -0.05) is 0 Å². The van der Waals surface area contributed by atoms with E-state index in [2.05, 4.69) is 4.98 Å². The van der Waals surface area contributed by atoms with Gasteiger partial charge in [0, 0.05) is 24.0 Å². The lowest BCUT2D eigenvalue weighted by Crippen LogP contribution is -1.87. The molecule has 3 nitrogen and oxygen atoms in total. The van der Waals surface area contributed by atoms with Crippen molar-refractivity contribution < 1.29 is 9.84 Å². The summed E-state index contributed by atoms with van der Waals surface area (Å²) in [5.41, 5.74) is 1.96. The molecule has 1 N–H and O–H groups in total. The molecular formula is C12H11NO2. The highest BCUT2D eigenvalue weighted by Crippen LogP contribution is 2.32. The first-order valence-corrected chi connectivity index (χ1v) is 4.58. The zero-order valence-corrected chi connectivity index (χ0v) is 8.34. The van der Waals surface area contributed by atoms with Crippen LogP contribution >= 0.6 is 0 Å². The summed E-state index contributed by atoms with van der Waals surface area (Å²) in [6, 6.07) is 8.85. The Labute approximate surface area is 88.0 Å². The molecule has 3 heteroatoms. The molecule has 0 aliphatic heterocycles. The van der Waals surface area contributed by atoms with Crippen molar-refractivity contribution in [3.05, 3.63) is 42.7 Å². The first kappa shape index (κ1) is 9.52. The van der Waals surface area contributed by atoms with E-state index < -0.39 is 0 Å². The number of ether oxygens (including phenoxy) is 1. The van der Waals surface area contributed by atoms with Gasteiger partial charge in [0.15, 0.2) is 0 Å². The van der Waals surface area contributed by atoms with E-state index in [0.717, 1.165) is 11.1 Å². The van der Waals surface area contributed by atoms with Crippen LogP contribution in [0, 0.1) is 0 Å². The Hall–Kier alpha value is -2.03. The Kier molecular flexibility index (Phi) is 2.54. The van der Waals surface area contributed by atoms with Crippen molar-refractivity contribution in [2.24, 2.45) is 0 Å². The van der Waals surface area contributed by atoms with Gasteiger partial charge in [-0.2, -0.15) is 0 Å². The average molecular weight is 201 g/mol. The topological polar surface area (TPSA) is 42.4 Å². The van der Waals surface area contributed by atoms with Gasteiger partial charge in [0.1, 0.15) is 11.5 Å². The minimum atomic E-state index is 0.199. The number of methoxy groups -OCH3 is 1. The number of aromatic hydroxyl groups is 1. The molecule has 15 heavy (non-hydrogen) atoms. The largest absolute Gasteiger partial charge is 0.508 e. The zero-order chi connectivity index (χ0) is 10.7. The Balaban J connectivity index is 2.53. The molecule has 0 amide bonds. The first-order valence-electron chi connectivity index (χ1n) is 4.58. The zero-order valence-electron chi connectivity index (χ0n) is 8.34. The lowest BCUT2D eigenvalue weighted by atomic mass is 10.1. The van der Waals surface area contributed by atoms with E-state index in [9.17, 15) is 5.11 Å². The summed E-state index contributed by atoms with van der Waals surface area (Å²) in [6.45, 7) is 0. The van der Waals surface area contributed by atoms with Gasteiger partial charge in [0.25, 0.3) is 0 Å². The molecule has 0 spiro atoms. The van der Waals surface area contributed by atoms with E-state index in [0.29, 0.717) is 5.75 Å². The van der Waals surface area contributed by atoms with Crippen LogP contribution < -0.4 is 4.74 Å². The molecule has 0 bridgehead atoms. The van der Waals surface area contributed by atoms with E-state index in [4.69, 9.17) is 4.74 Å². The van der Waals surface area contributed by atoms with Crippen LogP contribution in [0.1, 0.15) is 0 Å². The molecular weight excluding hydrogens is 190 g/mol. The summed E-state index contributed by atoms with van der Waals surface area (Å²) in [5, 5.41) is 9.32. The smallest absolute Gasteiger partial charge is 0.130 e. The van der Waals surface area contributed by atoms with Crippen molar-refractivity contribution in [1.82, 2.24) is 4.98 Å². The van der Waals surface area contributed by atoms with Crippen molar-refractivity contribution in [3.8, 4) is 22.6 Å². The normalized spacial score (nSPS) is 9.93. The van der Waals surface area contributed by atoms with Crippen LogP contribution in [0.3, 0.4) is 0 Å². The van der Waals surface area contributed by atoms with Crippen LogP contribution in [0.25, 0.3) is 11.1 Å². The second-order valence-corrected chi connectivity index (χ2v) is 3.12. The van der Waals surface area contributed by atoms with Gasteiger partial charge in [-0.15, -0.1) is 0 Å². The molecule has 0 saturated carbocycles. The number of rotatable bonds is 2. The quantitative estimate of drug-likeness (QED) is 0.811. The molecule has 76 valence electrons. The maximum absolute atomic E-state index is 9.32. The van der Waals surface area contributed by atoms with Gasteiger partial charge in [0.05, 0.1) is 7.11 Å². The second kappa shape index (κ2) is 4.00. The van der Waals surface area contributed by atoms with Crippen molar-refractivity contribution in [1.29, 1.82) is 0 Å². The molecule has 0 radical (unpaired) electrons. The number of aromatic nitrogens is 1. The fourth-order valence-corrected chi connectivity index (χ4v) is 1.45. The van der Waals surface area contributed by atoms with Gasteiger partial charge in [-0.3, -0.25) is 4.98 Å². The number of nitrogens with zero attached hydrogens (tertiary/aromatic N) is 1. The number of phenolic OH excluding ortho intramolecular Hbond substituents is 1. The van der Waals surface area contributed by atoms with Crippen LogP contribution in [-0.4, -0.2) is 17.2 Å². The maximum Gasteiger partial charge on any atom is 0.130 e. The van der Waals surface area contributed by atoms with Crippen molar-refractivity contribution in [2.75, 3.05) is 7.11 Å². The molecule has 1 aromatic heterocycles. The van der Waals surface area contributed by atoms with Gasteiger partial charge < -0.3 is 9.84 Å². The standard InChI is InChI=1S/C12H11NO2/c1-15-12-8-10(14)2-3-11(12)9-4-6-13-7-5-9/h2-8,14H,1H3. The van der Waals surface area contributed by atoms with Gasteiger partial charge >= 0.3 is 0 Å². The molecule has 0 saturated heterocycles. The fraction of sp³-hybridized carbons (Fsp3) is 0.0833. The molecule has 2 rings (SSSR count). The first-order chi connectivity index (χ1) is 7.31. The van der Waals surface area contributed by atoms with Crippen molar-refractivity contribution in [3.63, 3.8) is 0 Å². The lowest BCUT2D eigenvalue weighted by molar-refractivity contribution is 0.409. The van der Waals surface area contributed by atoms with Gasteiger partial charge in [0.2, 0.25) is 0 Å². The number of pyridine rings is 1. The Morgan fingerprint density at radius 3 is 2.53 bits per heavy atom. The highest BCUT2D eigenvalue weighted by molar-refractivity contribution is 5.70. The minimum absolute atomic E-state index is 0.199. The summed E-state index contributed by atoms with van der Waals surface area (Å²) in [5.74, 6) is 0.853. The Bertz CT molecular complexity index is 454. The summed E-state index contributed by atoms with van der Waals surface area (Å²) in [4.78, 5) is 3.95. The maximum atomic E-state index is 9.32. The highest BCUT2D eigenvalue weighted by atomic mass is 16.5. The van der Waals surface area contributed by atoms with Crippen molar-refractivity contribution in [2.45, 2.75) is 0 Å². The SMILES string of the molecule is COc1cc(O)ccc1-c1ccncc1. The second-order valence-electron chi connectivity index (χ2n) is 3.12. The Morgan fingerprint density at radius 1 is 1.13 bits per heavy atom. The molecule has 1 heterocycles. The third kappa shape index (κ3) is 1.91. The predicted molar refractivity (Wildman–Crippen MR) is 57.9 cm³/mol. The molecule has 0 atom stereocenters. The highest BCUT2D eigenvalue weighted by Gasteiger charge is 2.05. The van der Waals surface area contributed by atoms with Crippen LogP contribution in [0.5, 0.6) is 11.5 Å². The van der Waals surface area contributed by atoms with Crippen LogP contribution in [0.2, 0.25) is 0 Å². The third-order valence-electron chi connectivity index (χ3n) is 2.18. The summed E-state index contributed by atoms with van der Waals surface area (Å²) in [7, 11) is 1.58. The molecule has 0 aliphatic rings. The monoisotopic (exact) mass is 201 g/mol. The third-order valence-corrected chi connectivity index (χ3v) is 2.18. The van der Waals surface area contributed by atoms with E-state index in [1.54, 1.807) is 31.6 Å². The number of hydrogen-bond donors (Lipinski definition) is 1. The van der Waals surface area contributed by atoms with Gasteiger partial charge in [-0.05, 0) is 29.8 Å². The van der Waals surface area contributed by atoms with Crippen LogP contribution in [0.15, 0.2) is 42.7 Å². The van der Waals surface area contributed by atoms with E-state index in [1.807, 2.05) is 18.2 Å². The lowest BCUT2D eigenvalue weighted by Gasteiger charge is -2.08. The number of benzene rings is 1. The summed E-state index contributed by atoms with van der Waals surface area (Å²) in [6.07, 6.45) is 3.45. The molecule has 0 fully saturated rings. The van der Waals surface area contributed by atoms with Crippen LogP contribution in [-0.2, 0) is 0 Å². The van der Waals surface area contributed by atoms with Crippen molar-refractivity contribution >= 4 is 0 Å². The summed E-state index contributed by atoms with van der Waals surface area (Å²) >= 11 is 0. The predicted octanol–water partition coefficient (Wildman–Crippen LogP) is 2.46. The molecule has 2 aromatic rings.